The van der Waals surface area contributed by atoms with Crippen LogP contribution < -0.4 is 0 Å². The lowest BCUT2D eigenvalue weighted by Crippen LogP contribution is -2.33. The molecular weight excluding hydrogens is 204 g/mol. The zero-order valence-electron chi connectivity index (χ0n) is 9.60. The number of hydrogen-bond donors (Lipinski definition) is 0. The predicted molar refractivity (Wildman–Crippen MR) is 64.6 cm³/mol. The summed E-state index contributed by atoms with van der Waals surface area (Å²) >= 11 is 1.78. The quantitative estimate of drug-likeness (QED) is 0.765. The first kappa shape index (κ1) is 12.2. The maximum absolute atomic E-state index is 8.82. The molecule has 1 rings (SSSR count). The van der Waals surface area contributed by atoms with E-state index in [4.69, 9.17) is 5.26 Å². The topological polar surface area (TPSA) is 27.0 Å². The fraction of sp³-hybridized carbons (Fsp3) is 0.583. The first-order chi connectivity index (χ1) is 7.13. The number of nitriles is 1. The Bertz CT molecular complexity index is 311. The molecule has 82 valence electrons. The number of thiophene rings is 1. The SMILES string of the molecule is CC(C#N)CN(Cc1cccs1)C(C)C. The smallest absolute Gasteiger partial charge is 0.0666 e. The summed E-state index contributed by atoms with van der Waals surface area (Å²) in [7, 11) is 0. The Labute approximate surface area is 96.1 Å². The summed E-state index contributed by atoms with van der Waals surface area (Å²) in [4.78, 5) is 3.72. The van der Waals surface area contributed by atoms with Crippen LogP contribution in [0.2, 0.25) is 0 Å². The van der Waals surface area contributed by atoms with Gasteiger partial charge < -0.3 is 0 Å². The molecule has 0 saturated heterocycles. The minimum atomic E-state index is 0.104. The third-order valence-electron chi connectivity index (χ3n) is 2.40. The molecule has 0 aliphatic heterocycles. The maximum atomic E-state index is 8.82. The van der Waals surface area contributed by atoms with Crippen LogP contribution in [0, 0.1) is 17.2 Å². The second kappa shape index (κ2) is 5.89. The monoisotopic (exact) mass is 222 g/mol. The molecule has 0 saturated carbocycles. The van der Waals surface area contributed by atoms with Gasteiger partial charge >= 0.3 is 0 Å². The Morgan fingerprint density at radius 2 is 2.20 bits per heavy atom. The van der Waals surface area contributed by atoms with E-state index in [-0.39, 0.29) is 5.92 Å². The molecular formula is C12H18N2S. The maximum Gasteiger partial charge on any atom is 0.0666 e. The van der Waals surface area contributed by atoms with Gasteiger partial charge in [0.15, 0.2) is 0 Å². The van der Waals surface area contributed by atoms with Crippen LogP contribution in [-0.2, 0) is 6.54 Å². The minimum Gasteiger partial charge on any atom is -0.295 e. The lowest BCUT2D eigenvalue weighted by atomic mass is 10.1. The van der Waals surface area contributed by atoms with Crippen molar-refractivity contribution in [2.75, 3.05) is 6.54 Å². The van der Waals surface area contributed by atoms with Gasteiger partial charge in [-0.3, -0.25) is 4.90 Å². The summed E-state index contributed by atoms with van der Waals surface area (Å²) in [5, 5.41) is 10.9. The third-order valence-corrected chi connectivity index (χ3v) is 3.26. The average molecular weight is 222 g/mol. The van der Waals surface area contributed by atoms with Crippen LogP contribution in [0.1, 0.15) is 25.6 Å². The molecule has 15 heavy (non-hydrogen) atoms. The molecule has 3 heteroatoms. The number of hydrogen-bond acceptors (Lipinski definition) is 3. The molecule has 0 fully saturated rings. The Balaban J connectivity index is 2.56. The Kier molecular flexibility index (Phi) is 4.80. The molecule has 1 unspecified atom stereocenters. The van der Waals surface area contributed by atoms with E-state index in [1.807, 2.05) is 6.92 Å². The van der Waals surface area contributed by atoms with Crippen molar-refractivity contribution in [2.24, 2.45) is 5.92 Å². The molecule has 0 aliphatic rings. The predicted octanol–water partition coefficient (Wildman–Crippen LogP) is 3.12. The number of rotatable bonds is 5. The van der Waals surface area contributed by atoms with Crippen LogP contribution in [0.4, 0.5) is 0 Å². The Morgan fingerprint density at radius 1 is 1.47 bits per heavy atom. The van der Waals surface area contributed by atoms with Crippen molar-refractivity contribution >= 4 is 11.3 Å². The van der Waals surface area contributed by atoms with Crippen LogP contribution in [0.15, 0.2) is 17.5 Å². The number of nitrogens with zero attached hydrogens (tertiary/aromatic N) is 2. The summed E-state index contributed by atoms with van der Waals surface area (Å²) in [5.41, 5.74) is 0. The minimum absolute atomic E-state index is 0.104. The van der Waals surface area contributed by atoms with Gasteiger partial charge in [0.1, 0.15) is 0 Å². The van der Waals surface area contributed by atoms with Gasteiger partial charge in [-0.15, -0.1) is 11.3 Å². The standard InChI is InChI=1S/C12H18N2S/c1-10(2)14(8-11(3)7-13)9-12-5-4-6-15-12/h4-6,10-11H,8-9H2,1-3H3. The molecule has 0 amide bonds. The van der Waals surface area contributed by atoms with Gasteiger partial charge in [-0.1, -0.05) is 6.07 Å². The highest BCUT2D eigenvalue weighted by atomic mass is 32.1. The van der Waals surface area contributed by atoms with E-state index >= 15 is 0 Å². The fourth-order valence-corrected chi connectivity index (χ4v) is 2.18. The van der Waals surface area contributed by atoms with Crippen molar-refractivity contribution < 1.29 is 0 Å². The molecule has 0 spiro atoms. The molecule has 1 atom stereocenters. The van der Waals surface area contributed by atoms with E-state index in [9.17, 15) is 0 Å². The summed E-state index contributed by atoms with van der Waals surface area (Å²) in [6.07, 6.45) is 0. The van der Waals surface area contributed by atoms with Crippen molar-refractivity contribution in [3.8, 4) is 6.07 Å². The van der Waals surface area contributed by atoms with Crippen LogP contribution >= 0.6 is 11.3 Å². The summed E-state index contributed by atoms with van der Waals surface area (Å²) < 4.78 is 0. The highest BCUT2D eigenvalue weighted by molar-refractivity contribution is 7.09. The fourth-order valence-electron chi connectivity index (χ4n) is 1.45. The van der Waals surface area contributed by atoms with E-state index in [2.05, 4.69) is 42.3 Å². The molecule has 0 bridgehead atoms. The van der Waals surface area contributed by atoms with Gasteiger partial charge in [0, 0.05) is 24.0 Å². The normalized spacial score (nSPS) is 13.1. The van der Waals surface area contributed by atoms with E-state index in [1.165, 1.54) is 4.88 Å². The molecule has 0 N–H and O–H groups in total. The zero-order valence-corrected chi connectivity index (χ0v) is 10.4. The van der Waals surface area contributed by atoms with Gasteiger partial charge in [-0.25, -0.2) is 0 Å². The van der Waals surface area contributed by atoms with Gasteiger partial charge in [0.2, 0.25) is 0 Å². The van der Waals surface area contributed by atoms with Gasteiger partial charge in [0.05, 0.1) is 12.0 Å². The van der Waals surface area contributed by atoms with Crippen LogP contribution in [0.25, 0.3) is 0 Å². The molecule has 1 aromatic rings. The highest BCUT2D eigenvalue weighted by Crippen LogP contribution is 2.15. The summed E-state index contributed by atoms with van der Waals surface area (Å²) in [5.74, 6) is 0.104. The molecule has 1 aromatic heterocycles. The molecule has 0 aromatic carbocycles. The van der Waals surface area contributed by atoms with Crippen molar-refractivity contribution in [3.63, 3.8) is 0 Å². The molecule has 1 heterocycles. The first-order valence-electron chi connectivity index (χ1n) is 5.29. The van der Waals surface area contributed by atoms with Gasteiger partial charge in [-0.05, 0) is 32.2 Å². The zero-order chi connectivity index (χ0) is 11.3. The Hall–Kier alpha value is -0.850. The highest BCUT2D eigenvalue weighted by Gasteiger charge is 2.13. The van der Waals surface area contributed by atoms with E-state index in [1.54, 1.807) is 11.3 Å². The van der Waals surface area contributed by atoms with E-state index in [0.717, 1.165) is 13.1 Å². The van der Waals surface area contributed by atoms with Crippen LogP contribution in [-0.4, -0.2) is 17.5 Å². The van der Waals surface area contributed by atoms with Gasteiger partial charge in [-0.2, -0.15) is 5.26 Å². The largest absolute Gasteiger partial charge is 0.295 e. The van der Waals surface area contributed by atoms with E-state index in [0.29, 0.717) is 6.04 Å². The van der Waals surface area contributed by atoms with E-state index < -0.39 is 0 Å². The van der Waals surface area contributed by atoms with Crippen molar-refractivity contribution in [1.29, 1.82) is 5.26 Å². The van der Waals surface area contributed by atoms with Crippen molar-refractivity contribution in [3.05, 3.63) is 22.4 Å². The summed E-state index contributed by atoms with van der Waals surface area (Å²) in [6.45, 7) is 8.15. The Morgan fingerprint density at radius 3 is 2.67 bits per heavy atom. The van der Waals surface area contributed by atoms with Crippen molar-refractivity contribution in [2.45, 2.75) is 33.4 Å². The summed E-state index contributed by atoms with van der Waals surface area (Å²) in [6, 6.07) is 7.01. The lowest BCUT2D eigenvalue weighted by molar-refractivity contribution is 0.200. The molecule has 0 aliphatic carbocycles. The second-order valence-corrected chi connectivity index (χ2v) is 5.16. The third kappa shape index (κ3) is 4.03. The van der Waals surface area contributed by atoms with Crippen LogP contribution in [0.3, 0.4) is 0 Å². The first-order valence-corrected chi connectivity index (χ1v) is 6.17. The van der Waals surface area contributed by atoms with Crippen molar-refractivity contribution in [1.82, 2.24) is 4.90 Å². The second-order valence-electron chi connectivity index (χ2n) is 4.13. The average Bonchev–Trinajstić information content (AvgIpc) is 2.69. The molecule has 0 radical (unpaired) electrons. The van der Waals surface area contributed by atoms with Crippen LogP contribution in [0.5, 0.6) is 0 Å². The lowest BCUT2D eigenvalue weighted by Gasteiger charge is -2.26. The van der Waals surface area contributed by atoms with Gasteiger partial charge in [0.25, 0.3) is 0 Å². The molecule has 2 nitrogen and oxygen atoms in total.